The first-order chi connectivity index (χ1) is 27.2. The summed E-state index contributed by atoms with van der Waals surface area (Å²) in [7, 11) is 0. The molecule has 2 heterocycles. The zero-order valence-electron chi connectivity index (χ0n) is 30.5. The SMILES string of the molecule is CCCCCCOc1ccc(C(c2c(-c3ccccc3)[nH]n(-c3ccc([N+](=O)[O-])cc3)c2=O)c2c(-c3ccccc3)[nH]n(-c3ccc([N+](=O)[O-])cc3)c2=O)cc1. The van der Waals surface area contributed by atoms with Crippen LogP contribution in [0.1, 0.15) is 55.2 Å². The number of aromatic amines is 2. The van der Waals surface area contributed by atoms with Crippen LogP contribution in [0, 0.1) is 20.2 Å². The van der Waals surface area contributed by atoms with Gasteiger partial charge in [-0.05, 0) is 59.5 Å². The largest absolute Gasteiger partial charge is 0.494 e. The van der Waals surface area contributed by atoms with E-state index in [9.17, 15) is 29.8 Å². The van der Waals surface area contributed by atoms with E-state index in [1.165, 1.54) is 57.9 Å². The van der Waals surface area contributed by atoms with E-state index in [-0.39, 0.29) is 22.5 Å². The second kappa shape index (κ2) is 16.4. The van der Waals surface area contributed by atoms with Crippen LogP contribution in [0.2, 0.25) is 0 Å². The number of hydrogen-bond acceptors (Lipinski definition) is 7. The van der Waals surface area contributed by atoms with Crippen molar-refractivity contribution in [3.63, 3.8) is 0 Å². The molecule has 13 nitrogen and oxygen atoms in total. The van der Waals surface area contributed by atoms with Gasteiger partial charge in [0.2, 0.25) is 0 Å². The van der Waals surface area contributed by atoms with Crippen molar-refractivity contribution in [2.24, 2.45) is 0 Å². The van der Waals surface area contributed by atoms with E-state index in [0.717, 1.165) is 25.7 Å². The van der Waals surface area contributed by atoms with E-state index in [0.29, 0.717) is 51.8 Å². The van der Waals surface area contributed by atoms with Gasteiger partial charge >= 0.3 is 0 Å². The van der Waals surface area contributed by atoms with Crippen molar-refractivity contribution in [3.8, 4) is 39.6 Å². The summed E-state index contributed by atoms with van der Waals surface area (Å²) >= 11 is 0. The molecule has 0 aliphatic rings. The van der Waals surface area contributed by atoms with E-state index >= 15 is 0 Å². The molecule has 7 aromatic rings. The van der Waals surface area contributed by atoms with Crippen LogP contribution in [0.5, 0.6) is 5.75 Å². The molecule has 7 rings (SSSR count). The molecule has 0 amide bonds. The molecule has 13 heteroatoms. The lowest BCUT2D eigenvalue weighted by Gasteiger charge is -2.18. The van der Waals surface area contributed by atoms with Crippen LogP contribution < -0.4 is 15.9 Å². The number of nitro groups is 2. The summed E-state index contributed by atoms with van der Waals surface area (Å²) in [5, 5.41) is 29.5. The van der Waals surface area contributed by atoms with Crippen molar-refractivity contribution in [1.82, 2.24) is 19.6 Å². The molecule has 0 spiro atoms. The first kappa shape index (κ1) is 37.1. The number of ether oxygens (including phenoxy) is 1. The van der Waals surface area contributed by atoms with Crippen LogP contribution in [0.25, 0.3) is 33.9 Å². The number of nitrogens with one attached hydrogen (secondary N) is 2. The summed E-state index contributed by atoms with van der Waals surface area (Å²) in [6, 6.07) is 37.1. The minimum Gasteiger partial charge on any atom is -0.494 e. The summed E-state index contributed by atoms with van der Waals surface area (Å²) in [6.45, 7) is 2.70. The van der Waals surface area contributed by atoms with Gasteiger partial charge in [-0.1, -0.05) is 99.0 Å². The maximum Gasteiger partial charge on any atom is 0.276 e. The van der Waals surface area contributed by atoms with E-state index in [1.807, 2.05) is 84.9 Å². The first-order valence-corrected chi connectivity index (χ1v) is 18.3. The number of nitrogens with zero attached hydrogens (tertiary/aromatic N) is 4. The van der Waals surface area contributed by atoms with Crippen LogP contribution >= 0.6 is 0 Å². The third-order valence-corrected chi connectivity index (χ3v) is 9.67. The average molecular weight is 751 g/mol. The van der Waals surface area contributed by atoms with E-state index in [1.54, 1.807) is 0 Å². The molecule has 0 fully saturated rings. The van der Waals surface area contributed by atoms with Crippen LogP contribution in [-0.4, -0.2) is 36.0 Å². The molecule has 0 saturated heterocycles. The Morgan fingerprint density at radius 2 is 1.04 bits per heavy atom. The maximum atomic E-state index is 15.0. The Morgan fingerprint density at radius 3 is 1.45 bits per heavy atom. The monoisotopic (exact) mass is 750 g/mol. The van der Waals surface area contributed by atoms with Crippen molar-refractivity contribution in [1.29, 1.82) is 0 Å². The average Bonchev–Trinajstić information content (AvgIpc) is 3.75. The number of benzene rings is 5. The van der Waals surface area contributed by atoms with Gasteiger partial charge in [0.1, 0.15) is 5.75 Å². The summed E-state index contributed by atoms with van der Waals surface area (Å²) in [5.41, 5.74) is 2.87. The van der Waals surface area contributed by atoms with Gasteiger partial charge in [-0.25, -0.2) is 9.36 Å². The lowest BCUT2D eigenvalue weighted by atomic mass is 9.83. The molecular formula is C43H38N6O7. The van der Waals surface area contributed by atoms with Gasteiger partial charge in [-0.15, -0.1) is 0 Å². The topological polar surface area (TPSA) is 171 Å². The summed E-state index contributed by atoms with van der Waals surface area (Å²) in [5.74, 6) is -0.338. The Hall–Kier alpha value is -7.28. The Balaban J connectivity index is 1.48. The summed E-state index contributed by atoms with van der Waals surface area (Å²) in [4.78, 5) is 51.9. The van der Waals surface area contributed by atoms with Crippen LogP contribution in [0.3, 0.4) is 0 Å². The zero-order valence-corrected chi connectivity index (χ0v) is 30.5. The second-order valence-corrected chi connectivity index (χ2v) is 13.3. The molecule has 0 atom stereocenters. The molecule has 282 valence electrons. The van der Waals surface area contributed by atoms with Gasteiger partial charge in [-0.3, -0.25) is 40.0 Å². The standard InChI is InChI=1S/C43H38N6O7/c1-2-3-4-11-28-56-36-26-16-29(17-27-36)37(38-40(30-12-7-5-8-13-30)44-46(42(38)50)32-18-22-34(23-19-32)48(52)53)39-41(31-14-9-6-10-15-31)45-47(43(39)51)33-20-24-35(25-21-33)49(54)55/h5-10,12-27,37,44-45H,2-4,11,28H2,1H3. The molecule has 2 aromatic heterocycles. The van der Waals surface area contributed by atoms with Gasteiger partial charge in [-0.2, -0.15) is 0 Å². The van der Waals surface area contributed by atoms with Gasteiger partial charge < -0.3 is 4.74 Å². The molecule has 0 bridgehead atoms. The van der Waals surface area contributed by atoms with Crippen molar-refractivity contribution in [2.75, 3.05) is 6.61 Å². The van der Waals surface area contributed by atoms with Gasteiger partial charge in [0.25, 0.3) is 22.5 Å². The van der Waals surface area contributed by atoms with E-state index in [4.69, 9.17) is 4.74 Å². The first-order valence-electron chi connectivity index (χ1n) is 18.3. The lowest BCUT2D eigenvalue weighted by molar-refractivity contribution is -0.385. The number of nitro benzene ring substituents is 2. The fraction of sp³-hybridized carbons (Fsp3) is 0.163. The van der Waals surface area contributed by atoms with E-state index in [2.05, 4.69) is 17.1 Å². The van der Waals surface area contributed by atoms with Crippen molar-refractivity contribution < 1.29 is 14.6 Å². The predicted molar refractivity (Wildman–Crippen MR) is 214 cm³/mol. The maximum absolute atomic E-state index is 15.0. The molecule has 5 aromatic carbocycles. The fourth-order valence-electron chi connectivity index (χ4n) is 6.85. The van der Waals surface area contributed by atoms with Crippen molar-refractivity contribution in [2.45, 2.75) is 38.5 Å². The van der Waals surface area contributed by atoms with Gasteiger partial charge in [0, 0.05) is 30.2 Å². The predicted octanol–water partition coefficient (Wildman–Crippen LogP) is 8.93. The highest BCUT2D eigenvalue weighted by Gasteiger charge is 2.34. The summed E-state index contributed by atoms with van der Waals surface area (Å²) < 4.78 is 8.72. The zero-order chi connectivity index (χ0) is 39.2. The highest BCUT2D eigenvalue weighted by atomic mass is 16.6. The van der Waals surface area contributed by atoms with Crippen LogP contribution in [-0.2, 0) is 0 Å². The molecule has 2 N–H and O–H groups in total. The smallest absolute Gasteiger partial charge is 0.276 e. The number of unbranched alkanes of at least 4 members (excludes halogenated alkanes) is 3. The minimum atomic E-state index is -0.981. The molecule has 0 aliphatic carbocycles. The van der Waals surface area contributed by atoms with Gasteiger partial charge in [0.15, 0.2) is 0 Å². The Labute approximate surface area is 320 Å². The molecule has 56 heavy (non-hydrogen) atoms. The van der Waals surface area contributed by atoms with Crippen molar-refractivity contribution >= 4 is 11.4 Å². The highest BCUT2D eigenvalue weighted by molar-refractivity contribution is 5.71. The molecule has 0 aliphatic heterocycles. The number of rotatable bonds is 15. The molecule has 0 unspecified atom stereocenters. The Kier molecular flexibility index (Phi) is 10.8. The fourth-order valence-corrected chi connectivity index (χ4v) is 6.85. The molecule has 0 saturated carbocycles. The summed E-state index contributed by atoms with van der Waals surface area (Å²) in [6.07, 6.45) is 4.21. The van der Waals surface area contributed by atoms with Gasteiger partial charge in [0.05, 0.1) is 50.3 Å². The third kappa shape index (κ3) is 7.55. The van der Waals surface area contributed by atoms with Crippen molar-refractivity contribution in [3.05, 3.63) is 191 Å². The lowest BCUT2D eigenvalue weighted by Crippen LogP contribution is -2.25. The highest BCUT2D eigenvalue weighted by Crippen LogP contribution is 2.39. The number of H-pyrrole nitrogens is 2. The van der Waals surface area contributed by atoms with Crippen LogP contribution in [0.15, 0.2) is 143 Å². The Bertz CT molecular complexity index is 2420. The normalized spacial score (nSPS) is 11.2. The number of non-ortho nitro benzene ring substituents is 2. The second-order valence-electron chi connectivity index (χ2n) is 13.3. The quantitative estimate of drug-likeness (QED) is 0.0598. The van der Waals surface area contributed by atoms with E-state index < -0.39 is 26.9 Å². The number of hydrogen-bond donors (Lipinski definition) is 2. The molecular weight excluding hydrogens is 713 g/mol. The molecule has 0 radical (unpaired) electrons. The van der Waals surface area contributed by atoms with Crippen LogP contribution in [0.4, 0.5) is 11.4 Å². The third-order valence-electron chi connectivity index (χ3n) is 9.67. The minimum absolute atomic E-state index is 0.131. The number of aromatic nitrogens is 4. The Morgan fingerprint density at radius 1 is 0.589 bits per heavy atom.